The van der Waals surface area contributed by atoms with Crippen molar-refractivity contribution < 1.29 is 4.74 Å². The van der Waals surface area contributed by atoms with Gasteiger partial charge in [-0.15, -0.1) is 0 Å². The first-order chi connectivity index (χ1) is 9.95. The molecule has 0 fully saturated rings. The van der Waals surface area contributed by atoms with Crippen LogP contribution in [0.3, 0.4) is 0 Å². The highest BCUT2D eigenvalue weighted by Crippen LogP contribution is 2.37. The van der Waals surface area contributed by atoms with Crippen LogP contribution in [0.1, 0.15) is 29.7 Å². The lowest BCUT2D eigenvalue weighted by Gasteiger charge is -2.19. The molecule has 0 radical (unpaired) electrons. The van der Waals surface area contributed by atoms with Crippen molar-refractivity contribution in [3.8, 4) is 5.75 Å². The Hall–Kier alpha value is -0.740. The van der Waals surface area contributed by atoms with E-state index in [9.17, 15) is 0 Å². The van der Waals surface area contributed by atoms with Crippen LogP contribution in [-0.4, -0.2) is 6.61 Å². The Morgan fingerprint density at radius 3 is 2.57 bits per heavy atom. The molecule has 0 bridgehead atoms. The van der Waals surface area contributed by atoms with Crippen LogP contribution >= 0.6 is 39.1 Å². The van der Waals surface area contributed by atoms with E-state index in [4.69, 9.17) is 33.7 Å². The van der Waals surface area contributed by atoms with Crippen molar-refractivity contribution >= 4 is 39.1 Å². The molecule has 0 aliphatic heterocycles. The predicted octanol–water partition coefficient (Wildman–Crippen LogP) is 5.51. The largest absolute Gasteiger partial charge is 0.492 e. The minimum absolute atomic E-state index is 0.344. The molecule has 1 unspecified atom stereocenters. The number of ether oxygens (including phenoxy) is 1. The molecule has 0 aromatic heterocycles. The van der Waals surface area contributed by atoms with Gasteiger partial charge >= 0.3 is 0 Å². The Kier molecular flexibility index (Phi) is 5.55. The second-order valence-corrected chi connectivity index (χ2v) is 6.34. The molecule has 2 aromatic rings. The molecule has 112 valence electrons. The van der Waals surface area contributed by atoms with Crippen molar-refractivity contribution in [2.24, 2.45) is 5.73 Å². The number of halogens is 3. The lowest BCUT2D eigenvalue weighted by atomic mass is 9.95. The van der Waals surface area contributed by atoms with Crippen molar-refractivity contribution in [2.75, 3.05) is 6.61 Å². The summed E-state index contributed by atoms with van der Waals surface area (Å²) in [6.07, 6.45) is 0. The molecule has 0 aliphatic carbocycles. The van der Waals surface area contributed by atoms with Gasteiger partial charge in [-0.05, 0) is 42.7 Å². The zero-order valence-corrected chi connectivity index (χ0v) is 14.9. The van der Waals surface area contributed by atoms with E-state index >= 15 is 0 Å². The molecule has 2 N–H and O–H groups in total. The number of nitrogens with two attached hydrogens (primary N) is 1. The summed E-state index contributed by atoms with van der Waals surface area (Å²) >= 11 is 16.1. The minimum Gasteiger partial charge on any atom is -0.492 e. The molecule has 0 aliphatic rings. The lowest BCUT2D eigenvalue weighted by molar-refractivity contribution is 0.340. The van der Waals surface area contributed by atoms with Crippen molar-refractivity contribution in [1.82, 2.24) is 0 Å². The number of benzene rings is 2. The topological polar surface area (TPSA) is 35.2 Å². The molecule has 1 atom stereocenters. The second-order valence-electron chi connectivity index (χ2n) is 4.67. The van der Waals surface area contributed by atoms with Gasteiger partial charge in [0.25, 0.3) is 0 Å². The zero-order chi connectivity index (χ0) is 15.6. The molecule has 2 nitrogen and oxygen atoms in total. The Balaban J connectivity index is 2.46. The Labute approximate surface area is 143 Å². The fourth-order valence-electron chi connectivity index (χ4n) is 2.18. The van der Waals surface area contributed by atoms with Gasteiger partial charge in [0.15, 0.2) is 0 Å². The molecular weight excluding hydrogens is 373 g/mol. The van der Waals surface area contributed by atoms with Gasteiger partial charge in [-0.2, -0.15) is 0 Å². The highest BCUT2D eigenvalue weighted by atomic mass is 79.9. The molecule has 5 heteroatoms. The van der Waals surface area contributed by atoms with E-state index in [1.165, 1.54) is 0 Å². The van der Waals surface area contributed by atoms with Crippen LogP contribution in [0.15, 0.2) is 34.8 Å². The van der Waals surface area contributed by atoms with Gasteiger partial charge in [0.1, 0.15) is 5.75 Å². The summed E-state index contributed by atoms with van der Waals surface area (Å²) in [5, 5.41) is 1.06. The van der Waals surface area contributed by atoms with Crippen LogP contribution in [0.5, 0.6) is 5.75 Å². The van der Waals surface area contributed by atoms with Gasteiger partial charge in [0.2, 0.25) is 0 Å². The number of hydrogen-bond acceptors (Lipinski definition) is 2. The standard InChI is InChI=1S/C16H16BrCl2NO/c1-3-21-15-8-13(18)11(7-14(15)19)16(20)10-5-4-6-12(17)9(10)2/h4-8,16H,3,20H2,1-2H3. The summed E-state index contributed by atoms with van der Waals surface area (Å²) in [4.78, 5) is 0. The Bertz CT molecular complexity index is 661. The van der Waals surface area contributed by atoms with Crippen LogP contribution in [0.4, 0.5) is 0 Å². The first-order valence-electron chi connectivity index (χ1n) is 6.58. The van der Waals surface area contributed by atoms with Gasteiger partial charge in [-0.3, -0.25) is 0 Å². The molecule has 21 heavy (non-hydrogen) atoms. The van der Waals surface area contributed by atoms with E-state index in [-0.39, 0.29) is 6.04 Å². The Morgan fingerprint density at radius 1 is 1.19 bits per heavy atom. The number of hydrogen-bond donors (Lipinski definition) is 1. The van der Waals surface area contributed by atoms with Crippen LogP contribution in [0.2, 0.25) is 10.0 Å². The zero-order valence-electron chi connectivity index (χ0n) is 11.8. The quantitative estimate of drug-likeness (QED) is 0.749. The number of rotatable bonds is 4. The average molecular weight is 389 g/mol. The third-order valence-electron chi connectivity index (χ3n) is 3.33. The van der Waals surface area contributed by atoms with E-state index in [2.05, 4.69) is 15.9 Å². The molecule has 0 amide bonds. The van der Waals surface area contributed by atoms with Crippen molar-refractivity contribution in [3.05, 3.63) is 61.5 Å². The highest BCUT2D eigenvalue weighted by molar-refractivity contribution is 9.10. The van der Waals surface area contributed by atoms with Gasteiger partial charge in [-0.1, -0.05) is 51.3 Å². The van der Waals surface area contributed by atoms with Crippen LogP contribution < -0.4 is 10.5 Å². The van der Waals surface area contributed by atoms with Gasteiger partial charge < -0.3 is 10.5 Å². The lowest BCUT2D eigenvalue weighted by Crippen LogP contribution is -2.14. The van der Waals surface area contributed by atoms with Crippen LogP contribution in [-0.2, 0) is 0 Å². The maximum Gasteiger partial charge on any atom is 0.139 e. The van der Waals surface area contributed by atoms with Crippen LogP contribution in [0, 0.1) is 6.92 Å². The maximum absolute atomic E-state index is 6.38. The van der Waals surface area contributed by atoms with Crippen molar-refractivity contribution in [1.29, 1.82) is 0 Å². The summed E-state index contributed by atoms with van der Waals surface area (Å²) in [5.41, 5.74) is 9.25. The fraction of sp³-hybridized carbons (Fsp3) is 0.250. The monoisotopic (exact) mass is 387 g/mol. The molecule has 2 rings (SSSR count). The summed E-state index contributed by atoms with van der Waals surface area (Å²) in [6.45, 7) is 4.45. The summed E-state index contributed by atoms with van der Waals surface area (Å²) < 4.78 is 6.45. The molecular formula is C16H16BrCl2NO. The SMILES string of the molecule is CCOc1cc(Cl)c(C(N)c2cccc(Br)c2C)cc1Cl. The molecule has 0 saturated heterocycles. The van der Waals surface area contributed by atoms with E-state index in [0.717, 1.165) is 21.2 Å². The van der Waals surface area contributed by atoms with Crippen molar-refractivity contribution in [2.45, 2.75) is 19.9 Å². The molecule has 2 aromatic carbocycles. The summed E-state index contributed by atoms with van der Waals surface area (Å²) in [5.74, 6) is 0.575. The second kappa shape index (κ2) is 7.01. The molecule has 0 saturated carbocycles. The fourth-order valence-corrected chi connectivity index (χ4v) is 3.06. The van der Waals surface area contributed by atoms with Gasteiger partial charge in [0, 0.05) is 15.6 Å². The third-order valence-corrected chi connectivity index (χ3v) is 4.81. The predicted molar refractivity (Wildman–Crippen MR) is 92.5 cm³/mol. The van der Waals surface area contributed by atoms with Gasteiger partial charge in [-0.25, -0.2) is 0 Å². The van der Waals surface area contributed by atoms with E-state index < -0.39 is 0 Å². The van der Waals surface area contributed by atoms with E-state index in [1.54, 1.807) is 12.1 Å². The summed E-state index contributed by atoms with van der Waals surface area (Å²) in [7, 11) is 0. The highest BCUT2D eigenvalue weighted by Gasteiger charge is 2.18. The van der Waals surface area contributed by atoms with Crippen LogP contribution in [0.25, 0.3) is 0 Å². The smallest absolute Gasteiger partial charge is 0.139 e. The normalized spacial score (nSPS) is 12.3. The first kappa shape index (κ1) is 16.6. The van der Waals surface area contributed by atoms with Crippen molar-refractivity contribution in [3.63, 3.8) is 0 Å². The average Bonchev–Trinajstić information content (AvgIpc) is 2.45. The maximum atomic E-state index is 6.38. The Morgan fingerprint density at radius 2 is 1.90 bits per heavy atom. The first-order valence-corrected chi connectivity index (χ1v) is 8.13. The van der Waals surface area contributed by atoms with E-state index in [1.807, 2.05) is 32.0 Å². The van der Waals surface area contributed by atoms with Gasteiger partial charge in [0.05, 0.1) is 17.7 Å². The molecule has 0 spiro atoms. The third kappa shape index (κ3) is 3.54. The minimum atomic E-state index is -0.344. The molecule has 0 heterocycles. The summed E-state index contributed by atoms with van der Waals surface area (Å²) in [6, 6.07) is 9.08. The van der Waals surface area contributed by atoms with E-state index in [0.29, 0.717) is 22.4 Å².